The third kappa shape index (κ3) is 3.03. The highest BCUT2D eigenvalue weighted by molar-refractivity contribution is 6.43. The second-order valence-corrected chi connectivity index (χ2v) is 4.54. The summed E-state index contributed by atoms with van der Waals surface area (Å²) in [7, 11) is 0. The Kier molecular flexibility index (Phi) is 3.89. The van der Waals surface area contributed by atoms with Crippen LogP contribution in [-0.4, -0.2) is 11.1 Å². The smallest absolute Gasteiger partial charge is 0.230 e. The van der Waals surface area contributed by atoms with Gasteiger partial charge in [-0.1, -0.05) is 34.4 Å². The first-order valence-corrected chi connectivity index (χ1v) is 5.98. The van der Waals surface area contributed by atoms with Crippen molar-refractivity contribution >= 4 is 34.8 Å². The number of hydrogen-bond acceptors (Lipinski definition) is 3. The number of amides is 1. The molecule has 18 heavy (non-hydrogen) atoms. The van der Waals surface area contributed by atoms with Gasteiger partial charge >= 0.3 is 0 Å². The Morgan fingerprint density at radius 3 is 2.89 bits per heavy atom. The molecule has 0 bridgehead atoms. The van der Waals surface area contributed by atoms with Gasteiger partial charge in [-0.25, -0.2) is 0 Å². The number of nitrogens with zero attached hydrogens (tertiary/aromatic N) is 1. The molecule has 0 saturated carbocycles. The molecule has 1 N–H and O–H groups in total. The lowest BCUT2D eigenvalue weighted by atomic mass is 10.2. The molecule has 1 heterocycles. The fourth-order valence-electron chi connectivity index (χ4n) is 1.46. The Morgan fingerprint density at radius 2 is 2.22 bits per heavy atom. The van der Waals surface area contributed by atoms with Crippen molar-refractivity contribution in [1.29, 1.82) is 0 Å². The number of benzene rings is 1. The van der Waals surface area contributed by atoms with Gasteiger partial charge in [0.05, 0.1) is 27.8 Å². The van der Waals surface area contributed by atoms with Crippen LogP contribution in [0.15, 0.2) is 28.8 Å². The van der Waals surface area contributed by atoms with Gasteiger partial charge in [-0.05, 0) is 19.1 Å². The lowest BCUT2D eigenvalue weighted by molar-refractivity contribution is -0.115. The summed E-state index contributed by atoms with van der Waals surface area (Å²) >= 11 is 11.8. The van der Waals surface area contributed by atoms with Crippen molar-refractivity contribution in [3.63, 3.8) is 0 Å². The fourth-order valence-corrected chi connectivity index (χ4v) is 1.81. The molecule has 1 aromatic heterocycles. The SMILES string of the molecule is Cc1cc(CC(=O)Nc2cccc(Cl)c2Cl)no1. The van der Waals surface area contributed by atoms with Crippen LogP contribution in [0.25, 0.3) is 0 Å². The molecule has 0 saturated heterocycles. The number of hydrogen-bond donors (Lipinski definition) is 1. The molecule has 0 unspecified atom stereocenters. The largest absolute Gasteiger partial charge is 0.361 e. The average Bonchev–Trinajstić information content (AvgIpc) is 2.70. The Morgan fingerprint density at radius 1 is 1.44 bits per heavy atom. The minimum absolute atomic E-state index is 0.125. The molecule has 2 rings (SSSR count). The van der Waals surface area contributed by atoms with Crippen molar-refractivity contribution in [3.8, 4) is 0 Å². The van der Waals surface area contributed by atoms with Crippen molar-refractivity contribution in [3.05, 3.63) is 45.8 Å². The molecular formula is C12H10Cl2N2O2. The second kappa shape index (κ2) is 5.42. The van der Waals surface area contributed by atoms with Crippen LogP contribution in [0.5, 0.6) is 0 Å². The Balaban J connectivity index is 2.05. The van der Waals surface area contributed by atoms with Gasteiger partial charge in [-0.3, -0.25) is 4.79 Å². The van der Waals surface area contributed by atoms with Crippen molar-refractivity contribution in [2.45, 2.75) is 13.3 Å². The number of rotatable bonds is 3. The number of aromatic nitrogens is 1. The molecule has 94 valence electrons. The Labute approximate surface area is 114 Å². The van der Waals surface area contributed by atoms with E-state index < -0.39 is 0 Å². The molecule has 0 fully saturated rings. The maximum absolute atomic E-state index is 11.8. The van der Waals surface area contributed by atoms with E-state index in [9.17, 15) is 4.79 Å². The van der Waals surface area contributed by atoms with Crippen LogP contribution in [0.3, 0.4) is 0 Å². The van der Waals surface area contributed by atoms with E-state index in [2.05, 4.69) is 10.5 Å². The van der Waals surface area contributed by atoms with Gasteiger partial charge in [-0.2, -0.15) is 0 Å². The van der Waals surface area contributed by atoms with Crippen molar-refractivity contribution in [2.75, 3.05) is 5.32 Å². The Hall–Kier alpha value is -1.52. The van der Waals surface area contributed by atoms with Crippen molar-refractivity contribution in [2.24, 2.45) is 0 Å². The van der Waals surface area contributed by atoms with E-state index in [1.807, 2.05) is 0 Å². The molecule has 0 radical (unpaired) electrons. The zero-order valence-electron chi connectivity index (χ0n) is 9.54. The summed E-state index contributed by atoms with van der Waals surface area (Å²) in [6, 6.07) is 6.75. The molecule has 4 nitrogen and oxygen atoms in total. The molecule has 1 amide bonds. The highest BCUT2D eigenvalue weighted by Crippen LogP contribution is 2.29. The van der Waals surface area contributed by atoms with E-state index in [1.54, 1.807) is 31.2 Å². The number of carbonyl (C=O) groups excluding carboxylic acids is 1. The van der Waals surface area contributed by atoms with Crippen LogP contribution in [0.4, 0.5) is 5.69 Å². The molecule has 0 aliphatic carbocycles. The summed E-state index contributed by atoms with van der Waals surface area (Å²) in [6.07, 6.45) is 0.125. The van der Waals surface area contributed by atoms with Gasteiger partial charge in [0.15, 0.2) is 0 Å². The monoisotopic (exact) mass is 284 g/mol. The van der Waals surface area contributed by atoms with Crippen molar-refractivity contribution in [1.82, 2.24) is 5.16 Å². The summed E-state index contributed by atoms with van der Waals surface area (Å²) in [5, 5.41) is 7.13. The number of halogens is 2. The van der Waals surface area contributed by atoms with Crippen LogP contribution >= 0.6 is 23.2 Å². The molecule has 0 atom stereocenters. The van der Waals surface area contributed by atoms with E-state index in [0.717, 1.165) is 0 Å². The maximum Gasteiger partial charge on any atom is 0.230 e. The standard InChI is InChI=1S/C12H10Cl2N2O2/c1-7-5-8(16-18-7)6-11(17)15-10-4-2-3-9(13)12(10)14/h2-5H,6H2,1H3,(H,15,17). The van der Waals surface area contributed by atoms with Crippen LogP contribution < -0.4 is 5.32 Å². The quantitative estimate of drug-likeness (QED) is 0.939. The fraction of sp³-hybridized carbons (Fsp3) is 0.167. The third-order valence-electron chi connectivity index (χ3n) is 2.24. The first kappa shape index (κ1) is 12.9. The van der Waals surface area contributed by atoms with Crippen LogP contribution in [-0.2, 0) is 11.2 Å². The molecule has 0 aliphatic heterocycles. The van der Waals surface area contributed by atoms with Gasteiger partial charge in [0.2, 0.25) is 5.91 Å². The minimum Gasteiger partial charge on any atom is -0.361 e. The number of anilines is 1. The topological polar surface area (TPSA) is 55.1 Å². The van der Waals surface area contributed by atoms with E-state index in [-0.39, 0.29) is 12.3 Å². The van der Waals surface area contributed by atoms with Crippen molar-refractivity contribution < 1.29 is 9.32 Å². The van der Waals surface area contributed by atoms with E-state index >= 15 is 0 Å². The second-order valence-electron chi connectivity index (χ2n) is 3.76. The first-order valence-electron chi connectivity index (χ1n) is 5.22. The maximum atomic E-state index is 11.8. The molecule has 1 aromatic carbocycles. The lowest BCUT2D eigenvalue weighted by Crippen LogP contribution is -2.14. The van der Waals surface area contributed by atoms with Gasteiger partial charge in [0.25, 0.3) is 0 Å². The van der Waals surface area contributed by atoms with E-state index in [0.29, 0.717) is 27.2 Å². The number of aryl methyl sites for hydroxylation is 1. The summed E-state index contributed by atoms with van der Waals surface area (Å²) < 4.78 is 4.88. The van der Waals surface area contributed by atoms with E-state index in [1.165, 1.54) is 0 Å². The van der Waals surface area contributed by atoms with Crippen LogP contribution in [0.1, 0.15) is 11.5 Å². The van der Waals surface area contributed by atoms with Crippen LogP contribution in [0.2, 0.25) is 10.0 Å². The highest BCUT2D eigenvalue weighted by Gasteiger charge is 2.11. The molecule has 0 aliphatic rings. The molecular weight excluding hydrogens is 275 g/mol. The minimum atomic E-state index is -0.229. The van der Waals surface area contributed by atoms with Gasteiger partial charge in [0.1, 0.15) is 5.76 Å². The summed E-state index contributed by atoms with van der Waals surface area (Å²) in [5.41, 5.74) is 1.05. The van der Waals surface area contributed by atoms with Gasteiger partial charge in [0, 0.05) is 6.07 Å². The zero-order chi connectivity index (χ0) is 13.1. The highest BCUT2D eigenvalue weighted by atomic mass is 35.5. The summed E-state index contributed by atoms with van der Waals surface area (Å²) in [5.74, 6) is 0.436. The first-order chi connectivity index (χ1) is 8.56. The molecule has 2 aromatic rings. The molecule has 6 heteroatoms. The van der Waals surface area contributed by atoms with Gasteiger partial charge < -0.3 is 9.84 Å². The van der Waals surface area contributed by atoms with Gasteiger partial charge in [-0.15, -0.1) is 0 Å². The van der Waals surface area contributed by atoms with E-state index in [4.69, 9.17) is 27.7 Å². The molecule has 0 spiro atoms. The number of nitrogens with one attached hydrogen (secondary N) is 1. The predicted octanol–water partition coefficient (Wildman–Crippen LogP) is 3.47. The summed E-state index contributed by atoms with van der Waals surface area (Å²) in [4.78, 5) is 11.8. The third-order valence-corrected chi connectivity index (χ3v) is 3.06. The average molecular weight is 285 g/mol. The summed E-state index contributed by atoms with van der Waals surface area (Å²) in [6.45, 7) is 1.77. The Bertz CT molecular complexity index is 581. The van der Waals surface area contributed by atoms with Crippen LogP contribution in [0, 0.1) is 6.92 Å². The normalized spacial score (nSPS) is 10.4. The predicted molar refractivity (Wildman–Crippen MR) is 70.0 cm³/mol. The zero-order valence-corrected chi connectivity index (χ0v) is 11.0. The lowest BCUT2D eigenvalue weighted by Gasteiger charge is -2.06. The number of carbonyl (C=O) groups is 1.